The number of hydrogen-bond acceptors (Lipinski definition) is 8. The third kappa shape index (κ3) is 7.89. The van der Waals surface area contributed by atoms with Gasteiger partial charge in [0.15, 0.2) is 0 Å². The van der Waals surface area contributed by atoms with Crippen molar-refractivity contribution in [3.05, 3.63) is 35.9 Å². The topological polar surface area (TPSA) is 154 Å². The average Bonchev–Trinajstić information content (AvgIpc) is 3.99. The van der Waals surface area contributed by atoms with Gasteiger partial charge in [0, 0.05) is 32.6 Å². The lowest BCUT2D eigenvalue weighted by molar-refractivity contribution is -0.140. The minimum absolute atomic E-state index is 0.0190. The zero-order chi connectivity index (χ0) is 35.8. The van der Waals surface area contributed by atoms with Crippen molar-refractivity contribution >= 4 is 45.2 Å². The molecule has 0 radical (unpaired) electrons. The number of rotatable bonds is 6. The Morgan fingerprint density at radius 2 is 1.70 bits per heavy atom. The summed E-state index contributed by atoms with van der Waals surface area (Å²) in [6, 6.07) is 3.19. The summed E-state index contributed by atoms with van der Waals surface area (Å²) in [4.78, 5) is 57.8. The van der Waals surface area contributed by atoms with Crippen LogP contribution in [0.25, 0.3) is 0 Å². The van der Waals surface area contributed by atoms with E-state index in [2.05, 4.69) is 15.4 Å². The van der Waals surface area contributed by atoms with Crippen LogP contribution in [0.15, 0.2) is 30.4 Å². The molecule has 2 heterocycles. The van der Waals surface area contributed by atoms with Gasteiger partial charge in [-0.3, -0.25) is 24.4 Å². The number of ether oxygens (including phenoxy) is 1. The molecule has 16 heteroatoms. The van der Waals surface area contributed by atoms with Gasteiger partial charge in [-0.05, 0) is 88.8 Å². The van der Waals surface area contributed by atoms with Crippen LogP contribution in [-0.4, -0.2) is 80.7 Å². The normalized spacial score (nSPS) is 29.9. The van der Waals surface area contributed by atoms with Crippen LogP contribution in [-0.2, 0) is 35.3 Å². The number of piperidine rings is 1. The number of fused-ring (bicyclic) bond motifs is 2. The number of hydrogen-bond donors (Lipinski definition) is 3. The molecule has 5 aliphatic rings. The first-order chi connectivity index (χ1) is 23.7. The van der Waals surface area contributed by atoms with Crippen molar-refractivity contribution in [2.45, 2.75) is 93.7 Å². The molecule has 50 heavy (non-hydrogen) atoms. The smallest absolute Gasteiger partial charge is 0.416 e. The van der Waals surface area contributed by atoms with E-state index in [4.69, 9.17) is 4.74 Å². The quantitative estimate of drug-likeness (QED) is 0.367. The monoisotopic (exact) mass is 723 g/mol. The van der Waals surface area contributed by atoms with Crippen LogP contribution < -0.4 is 20.3 Å². The summed E-state index contributed by atoms with van der Waals surface area (Å²) in [5.41, 5.74) is -2.06. The Bertz CT molecular complexity index is 1640. The van der Waals surface area contributed by atoms with E-state index in [1.54, 1.807) is 7.05 Å². The molecule has 1 saturated heterocycles. The van der Waals surface area contributed by atoms with Crippen LogP contribution >= 0.6 is 0 Å². The van der Waals surface area contributed by atoms with Gasteiger partial charge in [0.25, 0.3) is 5.91 Å². The molecule has 6 rings (SSSR count). The van der Waals surface area contributed by atoms with Gasteiger partial charge in [0.1, 0.15) is 11.6 Å². The number of sulfonamides is 1. The number of carbonyl (C=O) groups is 4. The van der Waals surface area contributed by atoms with Crippen molar-refractivity contribution in [2.24, 2.45) is 17.8 Å². The first kappa shape index (κ1) is 36.0. The van der Waals surface area contributed by atoms with Gasteiger partial charge < -0.3 is 19.9 Å². The lowest BCUT2D eigenvalue weighted by Gasteiger charge is -2.31. The van der Waals surface area contributed by atoms with Gasteiger partial charge in [-0.15, -0.1) is 0 Å². The molecule has 4 amide bonds. The predicted molar refractivity (Wildman–Crippen MR) is 177 cm³/mol. The fourth-order valence-corrected chi connectivity index (χ4v) is 8.77. The Labute approximate surface area is 289 Å². The van der Waals surface area contributed by atoms with E-state index in [9.17, 15) is 40.8 Å². The van der Waals surface area contributed by atoms with Gasteiger partial charge in [-0.2, -0.15) is 13.2 Å². The molecule has 12 nitrogen and oxygen atoms in total. The number of nitrogens with zero attached hydrogens (tertiary/aromatic N) is 2. The molecule has 0 spiro atoms. The molecule has 1 aromatic rings. The summed E-state index contributed by atoms with van der Waals surface area (Å²) in [6.45, 7) is 1.68. The number of amides is 4. The maximum Gasteiger partial charge on any atom is 0.416 e. The summed E-state index contributed by atoms with van der Waals surface area (Å²) in [5.74, 6) is -4.17. The Morgan fingerprint density at radius 3 is 2.40 bits per heavy atom. The Kier molecular flexibility index (Phi) is 10.1. The maximum absolute atomic E-state index is 13.9. The molecule has 0 aromatic heterocycles. The second-order valence-electron chi connectivity index (χ2n) is 14.2. The van der Waals surface area contributed by atoms with Crippen LogP contribution in [0.4, 0.5) is 29.3 Å². The van der Waals surface area contributed by atoms with E-state index in [0.29, 0.717) is 51.0 Å². The molecule has 3 N–H and O–H groups in total. The van der Waals surface area contributed by atoms with Gasteiger partial charge >= 0.3 is 12.3 Å². The van der Waals surface area contributed by atoms with E-state index in [0.717, 1.165) is 37.8 Å². The average molecular weight is 724 g/mol. The number of alkyl halides is 3. The molecular weight excluding hydrogens is 679 g/mol. The molecule has 3 saturated carbocycles. The Hall–Kier alpha value is -3.82. The maximum atomic E-state index is 13.9. The molecule has 274 valence electrons. The highest BCUT2D eigenvalue weighted by molar-refractivity contribution is 7.91. The molecule has 1 aromatic carbocycles. The summed E-state index contributed by atoms with van der Waals surface area (Å²) in [6.07, 6.45) is 2.94. The van der Waals surface area contributed by atoms with Gasteiger partial charge in [0.05, 0.1) is 34.0 Å². The summed E-state index contributed by atoms with van der Waals surface area (Å²) in [7, 11) is -2.27. The number of allylic oxidation sites excluding steroid dienone is 1. The Balaban J connectivity index is 1.21. The van der Waals surface area contributed by atoms with Crippen LogP contribution in [0, 0.1) is 17.8 Å². The van der Waals surface area contributed by atoms with E-state index < -0.39 is 74.3 Å². The summed E-state index contributed by atoms with van der Waals surface area (Å²) in [5, 5.41) is 4.63. The molecule has 0 bridgehead atoms. The van der Waals surface area contributed by atoms with Crippen LogP contribution in [0.5, 0.6) is 0 Å². The van der Waals surface area contributed by atoms with E-state index >= 15 is 0 Å². The van der Waals surface area contributed by atoms with Crippen molar-refractivity contribution in [3.8, 4) is 0 Å². The lowest BCUT2D eigenvalue weighted by atomic mass is 9.93. The lowest BCUT2D eigenvalue weighted by Crippen LogP contribution is -2.54. The zero-order valence-electron chi connectivity index (χ0n) is 28.0. The Morgan fingerprint density at radius 1 is 1.00 bits per heavy atom. The fraction of sp³-hybridized carbons (Fsp3) is 0.647. The number of benzene rings is 1. The molecule has 4 fully saturated rings. The molecule has 3 aliphatic carbocycles. The molecule has 5 atom stereocenters. The minimum atomic E-state index is -4.64. The number of anilines is 2. The van der Waals surface area contributed by atoms with Crippen LogP contribution in [0.3, 0.4) is 0 Å². The van der Waals surface area contributed by atoms with E-state index in [1.165, 1.54) is 11.0 Å². The fourth-order valence-electron chi connectivity index (χ4n) is 7.41. The zero-order valence-corrected chi connectivity index (χ0v) is 28.8. The first-order valence-corrected chi connectivity index (χ1v) is 19.0. The summed E-state index contributed by atoms with van der Waals surface area (Å²) >= 11 is 0. The first-order valence-electron chi connectivity index (χ1n) is 17.4. The third-order valence-electron chi connectivity index (χ3n) is 10.5. The van der Waals surface area contributed by atoms with Crippen molar-refractivity contribution in [1.29, 1.82) is 0 Å². The summed E-state index contributed by atoms with van der Waals surface area (Å²) < 4.78 is 74.0. The van der Waals surface area contributed by atoms with Crippen LogP contribution in [0.1, 0.15) is 76.2 Å². The van der Waals surface area contributed by atoms with Gasteiger partial charge in [0.2, 0.25) is 21.8 Å². The number of nitrogens with one attached hydrogen (secondary N) is 3. The highest BCUT2D eigenvalue weighted by Crippen LogP contribution is 2.47. The van der Waals surface area contributed by atoms with Crippen molar-refractivity contribution < 1.29 is 45.5 Å². The minimum Gasteiger partial charge on any atom is -0.446 e. The second-order valence-corrected chi connectivity index (χ2v) is 16.2. The van der Waals surface area contributed by atoms with Crippen LogP contribution in [0.2, 0.25) is 0 Å². The highest BCUT2D eigenvalue weighted by Gasteiger charge is 2.62. The number of halogens is 3. The molecular formula is C34H44F3N5O7S. The molecule has 2 aliphatic heterocycles. The van der Waals surface area contributed by atoms with Gasteiger partial charge in [-0.1, -0.05) is 12.2 Å². The predicted octanol–water partition coefficient (Wildman–Crippen LogP) is 4.32. The largest absolute Gasteiger partial charge is 0.446 e. The van der Waals surface area contributed by atoms with Crippen molar-refractivity contribution in [3.63, 3.8) is 0 Å². The van der Waals surface area contributed by atoms with Crippen molar-refractivity contribution in [1.82, 2.24) is 14.9 Å². The molecule has 5 unspecified atom stereocenters. The third-order valence-corrected chi connectivity index (χ3v) is 12.3. The van der Waals surface area contributed by atoms with Crippen molar-refractivity contribution in [2.75, 3.05) is 36.9 Å². The highest BCUT2D eigenvalue weighted by atomic mass is 32.2. The second kappa shape index (κ2) is 14.1. The number of carbonyl (C=O) groups excluding carboxylic acids is 4. The standard InChI is InChI=1S/C34H44F3N5O7S/c1-41-14-6-3-2-5-9-22-20-33(22,31(45)40-50(47,48)24-11-12-24)39-29(43)25-18-23(19-26(25)30(41)44)49-32(46)38-27-17-21(34(35,36)37)10-13-28(27)42-15-7-4-8-16-42/h5,9-10,13,17,22-26H,2-4,6-8,11-12,14-16,18-20H2,1H3,(H,38,46)(H,39,43)(H,40,45)/b9-5+. The van der Waals surface area contributed by atoms with Gasteiger partial charge in [-0.25, -0.2) is 13.2 Å². The SMILES string of the molecule is CN1CCCC/C=C/C2CC2(C(=O)NS(=O)(=O)C2CC2)NC(=O)C2CC(OC(=O)Nc3cc(C(F)(F)F)ccc3N3CCCCC3)CC2C1=O. The van der Waals surface area contributed by atoms with E-state index in [1.807, 2.05) is 17.1 Å². The van der Waals surface area contributed by atoms with E-state index in [-0.39, 0.29) is 30.9 Å².